The van der Waals surface area contributed by atoms with Gasteiger partial charge >= 0.3 is 12.4 Å². The molecule has 0 spiro atoms. The zero-order valence-electron chi connectivity index (χ0n) is 6.37. The van der Waals surface area contributed by atoms with Crippen molar-refractivity contribution in [3.8, 4) is 0 Å². The van der Waals surface area contributed by atoms with Gasteiger partial charge in [0, 0.05) is 6.04 Å². The first-order valence-corrected chi connectivity index (χ1v) is 3.06. The Morgan fingerprint density at radius 1 is 1.00 bits per heavy atom. The van der Waals surface area contributed by atoms with Gasteiger partial charge in [-0.05, 0) is 6.92 Å². The van der Waals surface area contributed by atoms with Gasteiger partial charge in [0.1, 0.15) is 0 Å². The van der Waals surface area contributed by atoms with Crippen LogP contribution in [0.2, 0.25) is 0 Å². The molecule has 0 saturated carbocycles. The molecular weight excluding hydrogens is 204 g/mol. The fourth-order valence-electron chi connectivity index (χ4n) is 0.677. The number of hydrogen-bond acceptors (Lipinski definition) is 2. The van der Waals surface area contributed by atoms with E-state index in [2.05, 4.69) is 5.73 Å². The van der Waals surface area contributed by atoms with Crippen molar-refractivity contribution >= 4 is 0 Å². The topological polar surface area (TPSA) is 46.2 Å². The van der Waals surface area contributed by atoms with Crippen molar-refractivity contribution < 1.29 is 31.4 Å². The van der Waals surface area contributed by atoms with E-state index in [9.17, 15) is 26.3 Å². The summed E-state index contributed by atoms with van der Waals surface area (Å²) in [6.45, 7) is 0.432. The van der Waals surface area contributed by atoms with Gasteiger partial charge in [-0.1, -0.05) is 0 Å². The molecule has 0 aromatic heterocycles. The summed E-state index contributed by atoms with van der Waals surface area (Å²) in [6.07, 6.45) is -11.7. The molecule has 0 rings (SSSR count). The molecule has 0 saturated heterocycles. The third-order valence-electron chi connectivity index (χ3n) is 1.52. The average Bonchev–Trinajstić information content (AvgIpc) is 1.80. The minimum absolute atomic E-state index is 0.432. The third-order valence-corrected chi connectivity index (χ3v) is 1.52. The summed E-state index contributed by atoms with van der Waals surface area (Å²) in [5.41, 5.74) is -0.394. The number of nitrogens with two attached hydrogens (primary N) is 1. The van der Waals surface area contributed by atoms with Gasteiger partial charge in [0.2, 0.25) is 0 Å². The maximum Gasteiger partial charge on any atom is 0.427 e. The molecule has 80 valence electrons. The lowest BCUT2D eigenvalue weighted by molar-refractivity contribution is -0.372. The summed E-state index contributed by atoms with van der Waals surface area (Å²) < 4.78 is 70.8. The summed E-state index contributed by atoms with van der Waals surface area (Å²) in [5.74, 6) is 0. The largest absolute Gasteiger partial charge is 0.427 e. The summed E-state index contributed by atoms with van der Waals surface area (Å²) >= 11 is 0. The normalized spacial score (nSPS) is 17.3. The lowest BCUT2D eigenvalue weighted by atomic mass is 9.95. The van der Waals surface area contributed by atoms with Crippen molar-refractivity contribution in [2.24, 2.45) is 5.73 Å². The first kappa shape index (κ1) is 12.5. The highest BCUT2D eigenvalue weighted by Gasteiger charge is 2.72. The molecule has 0 aromatic carbocycles. The number of halogens is 6. The van der Waals surface area contributed by atoms with Gasteiger partial charge in [-0.2, -0.15) is 26.3 Å². The zero-order valence-corrected chi connectivity index (χ0v) is 6.37. The molecule has 2 nitrogen and oxygen atoms in total. The summed E-state index contributed by atoms with van der Waals surface area (Å²) in [7, 11) is 0. The Bertz CT molecular complexity index is 168. The molecule has 0 aliphatic rings. The van der Waals surface area contributed by atoms with Gasteiger partial charge in [0.25, 0.3) is 5.60 Å². The fraction of sp³-hybridized carbons (Fsp3) is 1.00. The highest BCUT2D eigenvalue weighted by molar-refractivity contribution is 4.99. The van der Waals surface area contributed by atoms with E-state index in [1.165, 1.54) is 0 Å². The van der Waals surface area contributed by atoms with E-state index in [-0.39, 0.29) is 0 Å². The van der Waals surface area contributed by atoms with E-state index in [1.54, 1.807) is 0 Å². The number of rotatable bonds is 1. The average molecular weight is 211 g/mol. The van der Waals surface area contributed by atoms with Crippen molar-refractivity contribution in [1.82, 2.24) is 0 Å². The predicted molar refractivity (Wildman–Crippen MR) is 30.7 cm³/mol. The number of aliphatic hydroxyl groups is 1. The molecule has 1 atom stereocenters. The molecule has 13 heavy (non-hydrogen) atoms. The molecule has 8 heteroatoms. The second kappa shape index (κ2) is 3.02. The van der Waals surface area contributed by atoms with Gasteiger partial charge in [-0.25, -0.2) is 0 Å². The van der Waals surface area contributed by atoms with E-state index < -0.39 is 24.0 Å². The Labute approximate surface area is 69.3 Å². The van der Waals surface area contributed by atoms with Crippen LogP contribution in [0.3, 0.4) is 0 Å². The number of alkyl halides is 6. The van der Waals surface area contributed by atoms with Crippen molar-refractivity contribution in [1.29, 1.82) is 0 Å². The lowest BCUT2D eigenvalue weighted by Crippen LogP contribution is -2.65. The van der Waals surface area contributed by atoms with Crippen LogP contribution in [0.15, 0.2) is 0 Å². The first-order chi connectivity index (χ1) is 5.44. The Kier molecular flexibility index (Phi) is 2.90. The van der Waals surface area contributed by atoms with Crippen molar-refractivity contribution in [3.63, 3.8) is 0 Å². The van der Waals surface area contributed by atoms with Crippen LogP contribution in [0, 0.1) is 0 Å². The van der Waals surface area contributed by atoms with Crippen LogP contribution < -0.4 is 5.73 Å². The van der Waals surface area contributed by atoms with Gasteiger partial charge in [0.05, 0.1) is 0 Å². The van der Waals surface area contributed by atoms with Crippen LogP contribution in [0.1, 0.15) is 6.92 Å². The van der Waals surface area contributed by atoms with Crippen molar-refractivity contribution in [3.05, 3.63) is 0 Å². The molecule has 3 N–H and O–H groups in total. The van der Waals surface area contributed by atoms with Crippen LogP contribution >= 0.6 is 0 Å². The van der Waals surface area contributed by atoms with E-state index in [1.807, 2.05) is 0 Å². The van der Waals surface area contributed by atoms with Crippen LogP contribution in [0.4, 0.5) is 26.3 Å². The van der Waals surface area contributed by atoms with Gasteiger partial charge in [-0.3, -0.25) is 0 Å². The van der Waals surface area contributed by atoms with Gasteiger partial charge < -0.3 is 10.8 Å². The van der Waals surface area contributed by atoms with Crippen molar-refractivity contribution in [2.45, 2.75) is 30.9 Å². The monoisotopic (exact) mass is 211 g/mol. The molecule has 0 bridgehead atoms. The van der Waals surface area contributed by atoms with E-state index in [4.69, 9.17) is 5.11 Å². The highest BCUT2D eigenvalue weighted by Crippen LogP contribution is 2.44. The summed E-state index contributed by atoms with van der Waals surface area (Å²) in [5, 5.41) is 8.39. The van der Waals surface area contributed by atoms with E-state index >= 15 is 0 Å². The summed E-state index contributed by atoms with van der Waals surface area (Å²) in [6, 6.07) is -2.48. The third kappa shape index (κ3) is 1.88. The lowest BCUT2D eigenvalue weighted by Gasteiger charge is -2.35. The maximum absolute atomic E-state index is 11.8. The molecule has 0 radical (unpaired) electrons. The second-order valence-corrected chi connectivity index (χ2v) is 2.55. The first-order valence-electron chi connectivity index (χ1n) is 3.06. The Morgan fingerprint density at radius 3 is 1.23 bits per heavy atom. The molecule has 0 heterocycles. The predicted octanol–water partition coefficient (Wildman–Crippen LogP) is 1.19. The minimum Gasteiger partial charge on any atom is -0.372 e. The fourth-order valence-corrected chi connectivity index (χ4v) is 0.677. The van der Waals surface area contributed by atoms with Crippen LogP contribution in [0.25, 0.3) is 0 Å². The molecular formula is C5H7F6NO. The second-order valence-electron chi connectivity index (χ2n) is 2.55. The standard InChI is InChI=1S/C5H7F6NO/c1-2(12)3(13,4(6,7)8)5(9,10)11/h2,13H,12H2,1H3/t2-/m0/s1. The Balaban J connectivity index is 5.22. The van der Waals surface area contributed by atoms with Gasteiger partial charge in [-0.15, -0.1) is 0 Å². The van der Waals surface area contributed by atoms with Gasteiger partial charge in [0.15, 0.2) is 0 Å². The molecule has 0 amide bonds. The molecule has 0 aromatic rings. The van der Waals surface area contributed by atoms with Crippen LogP contribution in [-0.2, 0) is 0 Å². The molecule has 0 unspecified atom stereocenters. The molecule has 0 aliphatic heterocycles. The Hall–Kier alpha value is -0.500. The van der Waals surface area contributed by atoms with Crippen LogP contribution in [0.5, 0.6) is 0 Å². The zero-order chi connectivity index (χ0) is 11.1. The van der Waals surface area contributed by atoms with E-state index in [0.717, 1.165) is 0 Å². The molecule has 0 fully saturated rings. The quantitative estimate of drug-likeness (QED) is 0.640. The van der Waals surface area contributed by atoms with Crippen LogP contribution in [-0.4, -0.2) is 29.1 Å². The maximum atomic E-state index is 11.8. The smallest absolute Gasteiger partial charge is 0.372 e. The van der Waals surface area contributed by atoms with Crippen molar-refractivity contribution in [2.75, 3.05) is 0 Å². The van der Waals surface area contributed by atoms with E-state index in [0.29, 0.717) is 6.92 Å². The number of hydrogen-bond donors (Lipinski definition) is 2. The highest BCUT2D eigenvalue weighted by atomic mass is 19.4. The Morgan fingerprint density at radius 2 is 1.23 bits per heavy atom. The molecule has 0 aliphatic carbocycles. The minimum atomic E-state index is -5.83. The summed E-state index contributed by atoms with van der Waals surface area (Å²) in [4.78, 5) is 0. The SMILES string of the molecule is C[C@H](N)C(O)(C(F)(F)F)C(F)(F)F.